The zero-order valence-electron chi connectivity index (χ0n) is 13.0. The maximum Gasteiger partial charge on any atom is 0.231 e. The Morgan fingerprint density at radius 3 is 2.78 bits per heavy atom. The molecule has 0 spiro atoms. The predicted molar refractivity (Wildman–Crippen MR) is 81.6 cm³/mol. The number of aliphatic hydroxyl groups is 1. The Bertz CT molecular complexity index is 570. The highest BCUT2D eigenvalue weighted by Gasteiger charge is 2.42. The number of benzene rings is 1. The van der Waals surface area contributed by atoms with Crippen LogP contribution in [0.2, 0.25) is 0 Å². The summed E-state index contributed by atoms with van der Waals surface area (Å²) in [5.41, 5.74) is 0. The maximum absolute atomic E-state index is 12.5. The Morgan fingerprint density at radius 1 is 1.17 bits per heavy atom. The van der Waals surface area contributed by atoms with Crippen molar-refractivity contribution in [2.24, 2.45) is 11.8 Å². The SMILES string of the molecule is O[C@@H]1C[C@H]2CN(CCF)C[C@H]2C[C@H]1Oc1ccc2c(c1)OCO2. The van der Waals surface area contributed by atoms with Crippen LogP contribution in [0.5, 0.6) is 17.2 Å². The molecule has 1 aliphatic carbocycles. The molecule has 2 aliphatic heterocycles. The highest BCUT2D eigenvalue weighted by molar-refractivity contribution is 5.46. The van der Waals surface area contributed by atoms with Gasteiger partial charge in [0.1, 0.15) is 18.5 Å². The summed E-state index contributed by atoms with van der Waals surface area (Å²) in [6.45, 7) is 2.22. The zero-order valence-corrected chi connectivity index (χ0v) is 13.0. The second-order valence-electron chi connectivity index (χ2n) is 6.68. The molecule has 0 unspecified atom stereocenters. The summed E-state index contributed by atoms with van der Waals surface area (Å²) in [7, 11) is 0. The first-order valence-electron chi connectivity index (χ1n) is 8.25. The van der Waals surface area contributed by atoms with Crippen molar-refractivity contribution in [2.75, 3.05) is 33.1 Å². The van der Waals surface area contributed by atoms with Crippen molar-refractivity contribution < 1.29 is 23.7 Å². The first-order chi connectivity index (χ1) is 11.2. The highest BCUT2D eigenvalue weighted by atomic mass is 19.1. The lowest BCUT2D eigenvalue weighted by Gasteiger charge is -2.35. The number of aliphatic hydroxyl groups excluding tert-OH is 1. The highest BCUT2D eigenvalue weighted by Crippen LogP contribution is 2.40. The van der Waals surface area contributed by atoms with Crippen LogP contribution in [-0.2, 0) is 0 Å². The molecule has 1 saturated heterocycles. The molecular weight excluding hydrogens is 301 g/mol. The van der Waals surface area contributed by atoms with Gasteiger partial charge in [-0.25, -0.2) is 4.39 Å². The minimum absolute atomic E-state index is 0.220. The van der Waals surface area contributed by atoms with E-state index in [0.717, 1.165) is 31.7 Å². The van der Waals surface area contributed by atoms with E-state index in [1.807, 2.05) is 18.2 Å². The summed E-state index contributed by atoms with van der Waals surface area (Å²) < 4.78 is 29.2. The minimum Gasteiger partial charge on any atom is -0.488 e. The zero-order chi connectivity index (χ0) is 15.8. The number of hydrogen-bond donors (Lipinski definition) is 1. The number of fused-ring (bicyclic) bond motifs is 2. The van der Waals surface area contributed by atoms with Gasteiger partial charge < -0.3 is 24.2 Å². The number of hydrogen-bond acceptors (Lipinski definition) is 5. The van der Waals surface area contributed by atoms with Gasteiger partial charge in [0.2, 0.25) is 6.79 Å². The summed E-state index contributed by atoms with van der Waals surface area (Å²) in [6.07, 6.45) is 0.833. The van der Waals surface area contributed by atoms with E-state index < -0.39 is 6.10 Å². The smallest absolute Gasteiger partial charge is 0.231 e. The number of rotatable bonds is 4. The van der Waals surface area contributed by atoms with Crippen LogP contribution in [0.25, 0.3) is 0 Å². The Morgan fingerprint density at radius 2 is 1.96 bits per heavy atom. The van der Waals surface area contributed by atoms with Crippen molar-refractivity contribution >= 4 is 0 Å². The molecule has 0 aromatic heterocycles. The molecule has 23 heavy (non-hydrogen) atoms. The number of likely N-dealkylation sites (tertiary alicyclic amines) is 1. The van der Waals surface area contributed by atoms with Crippen LogP contribution in [0.4, 0.5) is 4.39 Å². The molecule has 3 aliphatic rings. The van der Waals surface area contributed by atoms with E-state index in [1.54, 1.807) is 0 Å². The van der Waals surface area contributed by atoms with E-state index in [2.05, 4.69) is 4.90 Å². The third-order valence-electron chi connectivity index (χ3n) is 5.19. The summed E-state index contributed by atoms with van der Waals surface area (Å²) in [5.74, 6) is 3.02. The number of halogens is 1. The van der Waals surface area contributed by atoms with Gasteiger partial charge in [0.25, 0.3) is 0 Å². The topological polar surface area (TPSA) is 51.2 Å². The van der Waals surface area contributed by atoms with Crippen molar-refractivity contribution in [1.82, 2.24) is 4.90 Å². The second kappa shape index (κ2) is 6.17. The molecule has 0 amide bonds. The van der Waals surface area contributed by atoms with Gasteiger partial charge in [0, 0.05) is 25.7 Å². The van der Waals surface area contributed by atoms with E-state index in [4.69, 9.17) is 14.2 Å². The van der Waals surface area contributed by atoms with Crippen molar-refractivity contribution in [1.29, 1.82) is 0 Å². The minimum atomic E-state index is -0.480. The molecule has 4 rings (SSSR count). The predicted octanol–water partition coefficient (Wildman–Crippen LogP) is 1.83. The molecule has 0 radical (unpaired) electrons. The van der Waals surface area contributed by atoms with Crippen LogP contribution in [0.3, 0.4) is 0 Å². The van der Waals surface area contributed by atoms with Gasteiger partial charge in [0.05, 0.1) is 6.10 Å². The summed E-state index contributed by atoms with van der Waals surface area (Å²) >= 11 is 0. The molecule has 1 saturated carbocycles. The number of nitrogens with zero attached hydrogens (tertiary/aromatic N) is 1. The van der Waals surface area contributed by atoms with Gasteiger partial charge in [-0.2, -0.15) is 0 Å². The molecule has 0 bridgehead atoms. The van der Waals surface area contributed by atoms with Gasteiger partial charge >= 0.3 is 0 Å². The molecule has 1 aromatic carbocycles. The molecule has 5 nitrogen and oxygen atoms in total. The van der Waals surface area contributed by atoms with E-state index in [1.165, 1.54) is 0 Å². The van der Waals surface area contributed by atoms with Crippen molar-refractivity contribution in [3.05, 3.63) is 18.2 Å². The molecule has 1 N–H and O–H groups in total. The van der Waals surface area contributed by atoms with Crippen molar-refractivity contribution in [3.8, 4) is 17.2 Å². The fraction of sp³-hybridized carbons (Fsp3) is 0.647. The normalized spacial score (nSPS) is 32.8. The first-order valence-corrected chi connectivity index (χ1v) is 8.25. The quantitative estimate of drug-likeness (QED) is 0.916. The van der Waals surface area contributed by atoms with Crippen molar-refractivity contribution in [3.63, 3.8) is 0 Å². The lowest BCUT2D eigenvalue weighted by molar-refractivity contribution is -0.0232. The average Bonchev–Trinajstić information content (AvgIpc) is 3.13. The second-order valence-corrected chi connectivity index (χ2v) is 6.68. The molecule has 126 valence electrons. The summed E-state index contributed by atoms with van der Waals surface area (Å²) in [4.78, 5) is 2.16. The van der Waals surface area contributed by atoms with Crippen LogP contribution < -0.4 is 14.2 Å². The summed E-state index contributed by atoms with van der Waals surface area (Å²) in [5, 5.41) is 10.4. The number of ether oxygens (including phenoxy) is 3. The Kier molecular flexibility index (Phi) is 4.03. The van der Waals surface area contributed by atoms with Crippen LogP contribution >= 0.6 is 0 Å². The Labute approximate surface area is 134 Å². The lowest BCUT2D eigenvalue weighted by Crippen LogP contribution is -2.42. The Hall–Kier alpha value is -1.53. The van der Waals surface area contributed by atoms with Gasteiger partial charge in [-0.1, -0.05) is 0 Å². The van der Waals surface area contributed by atoms with Gasteiger partial charge in [-0.05, 0) is 36.8 Å². The maximum atomic E-state index is 12.5. The molecule has 2 fully saturated rings. The third kappa shape index (κ3) is 2.97. The van der Waals surface area contributed by atoms with Crippen LogP contribution in [0.15, 0.2) is 18.2 Å². The van der Waals surface area contributed by atoms with Crippen LogP contribution in [0.1, 0.15) is 12.8 Å². The Balaban J connectivity index is 1.41. The fourth-order valence-corrected chi connectivity index (χ4v) is 4.04. The third-order valence-corrected chi connectivity index (χ3v) is 5.19. The van der Waals surface area contributed by atoms with Gasteiger partial charge in [0.15, 0.2) is 11.5 Å². The molecular formula is C17H22FNO4. The summed E-state index contributed by atoms with van der Waals surface area (Å²) in [6, 6.07) is 5.48. The van der Waals surface area contributed by atoms with Crippen LogP contribution in [0, 0.1) is 11.8 Å². The van der Waals surface area contributed by atoms with Gasteiger partial charge in [-0.15, -0.1) is 0 Å². The number of alkyl halides is 1. The van der Waals surface area contributed by atoms with E-state index >= 15 is 0 Å². The van der Waals surface area contributed by atoms with E-state index in [0.29, 0.717) is 29.9 Å². The molecule has 2 heterocycles. The van der Waals surface area contributed by atoms with Crippen LogP contribution in [-0.4, -0.2) is 55.3 Å². The standard InChI is InChI=1S/C17H22FNO4/c18-3-4-19-8-11-5-14(20)16(6-12(11)9-19)23-13-1-2-15-17(7-13)22-10-21-15/h1-2,7,11-12,14,16,20H,3-6,8-10H2/t11-,12+,14+,16+/m0/s1. The fourth-order valence-electron chi connectivity index (χ4n) is 4.04. The first kappa shape index (κ1) is 15.0. The molecule has 6 heteroatoms. The van der Waals surface area contributed by atoms with E-state index in [9.17, 15) is 9.50 Å². The largest absolute Gasteiger partial charge is 0.488 e. The van der Waals surface area contributed by atoms with Crippen molar-refractivity contribution in [2.45, 2.75) is 25.0 Å². The monoisotopic (exact) mass is 323 g/mol. The average molecular weight is 323 g/mol. The molecule has 1 aromatic rings. The van der Waals surface area contributed by atoms with E-state index in [-0.39, 0.29) is 19.6 Å². The lowest BCUT2D eigenvalue weighted by atomic mass is 9.78. The van der Waals surface area contributed by atoms with Gasteiger partial charge in [-0.3, -0.25) is 0 Å². The molecule has 4 atom stereocenters.